The van der Waals surface area contributed by atoms with Gasteiger partial charge in [-0.3, -0.25) is 0 Å². The molecular formula is C5H9NS2. The van der Waals surface area contributed by atoms with Crippen LogP contribution in [0.25, 0.3) is 0 Å². The molecule has 0 radical (unpaired) electrons. The molecule has 0 heterocycles. The second-order valence-corrected chi connectivity index (χ2v) is 2.92. The Morgan fingerprint density at radius 3 is 2.50 bits per heavy atom. The van der Waals surface area contributed by atoms with Crippen molar-refractivity contribution >= 4 is 30.0 Å². The summed E-state index contributed by atoms with van der Waals surface area (Å²) in [5.41, 5.74) is 0. The Kier molecular flexibility index (Phi) is 3.29. The number of hydrogen-bond donors (Lipinski definition) is 1. The minimum Gasteiger partial charge on any atom is -0.215 e. The fourth-order valence-corrected chi connectivity index (χ4v) is 0.497. The van der Waals surface area contributed by atoms with Gasteiger partial charge in [0.25, 0.3) is 0 Å². The second kappa shape index (κ2) is 3.23. The smallest absolute Gasteiger partial charge is 0.110 e. The summed E-state index contributed by atoms with van der Waals surface area (Å²) >= 11 is 8.57. The highest BCUT2D eigenvalue weighted by molar-refractivity contribution is 7.82. The van der Waals surface area contributed by atoms with E-state index in [9.17, 15) is 0 Å². The van der Waals surface area contributed by atoms with Crippen molar-refractivity contribution in [1.29, 1.82) is 0 Å². The Balaban J connectivity index is 3.90. The Morgan fingerprint density at radius 1 is 1.88 bits per heavy atom. The van der Waals surface area contributed by atoms with Gasteiger partial charge in [0.2, 0.25) is 0 Å². The SMILES string of the molecule is CCC(C)(S)N=C=S. The molecule has 8 heavy (non-hydrogen) atoms. The van der Waals surface area contributed by atoms with Gasteiger partial charge >= 0.3 is 0 Å². The van der Waals surface area contributed by atoms with Crippen molar-refractivity contribution in [2.75, 3.05) is 0 Å². The third kappa shape index (κ3) is 3.19. The van der Waals surface area contributed by atoms with Gasteiger partial charge in [-0.05, 0) is 25.6 Å². The molecule has 0 aliphatic carbocycles. The number of rotatable bonds is 2. The highest BCUT2D eigenvalue weighted by atomic mass is 32.1. The van der Waals surface area contributed by atoms with Gasteiger partial charge in [0, 0.05) is 0 Å². The van der Waals surface area contributed by atoms with E-state index in [1.54, 1.807) is 0 Å². The van der Waals surface area contributed by atoms with Crippen LogP contribution in [-0.4, -0.2) is 10.0 Å². The highest BCUT2D eigenvalue weighted by Gasteiger charge is 2.11. The van der Waals surface area contributed by atoms with Crippen molar-refractivity contribution in [3.8, 4) is 0 Å². The minimum absolute atomic E-state index is 0.304. The molecule has 0 saturated carbocycles. The summed E-state index contributed by atoms with van der Waals surface area (Å²) in [6, 6.07) is 0. The van der Waals surface area contributed by atoms with Crippen LogP contribution in [0.4, 0.5) is 0 Å². The maximum atomic E-state index is 4.40. The lowest BCUT2D eigenvalue weighted by Gasteiger charge is -2.11. The zero-order chi connectivity index (χ0) is 6.62. The molecule has 3 heteroatoms. The Hall–Kier alpha value is 0.150. The summed E-state index contributed by atoms with van der Waals surface area (Å²) in [6.07, 6.45) is 0.875. The Labute approximate surface area is 60.6 Å². The van der Waals surface area contributed by atoms with Crippen molar-refractivity contribution in [1.82, 2.24) is 0 Å². The third-order valence-corrected chi connectivity index (χ3v) is 1.46. The number of aliphatic imine (C=N–C) groups is 1. The monoisotopic (exact) mass is 147 g/mol. The van der Waals surface area contributed by atoms with E-state index in [1.165, 1.54) is 0 Å². The predicted octanol–water partition coefficient (Wildman–Crippen LogP) is 2.15. The quantitative estimate of drug-likeness (QED) is 0.358. The average molecular weight is 147 g/mol. The first-order chi connectivity index (χ1) is 3.62. The lowest BCUT2D eigenvalue weighted by atomic mass is 10.3. The molecule has 0 aliphatic rings. The van der Waals surface area contributed by atoms with E-state index in [0.29, 0.717) is 0 Å². The van der Waals surface area contributed by atoms with Crippen LogP contribution in [0.3, 0.4) is 0 Å². The molecule has 1 unspecified atom stereocenters. The molecule has 1 atom stereocenters. The molecule has 0 aromatic heterocycles. The fraction of sp³-hybridized carbons (Fsp3) is 0.800. The molecule has 0 N–H and O–H groups in total. The van der Waals surface area contributed by atoms with Crippen molar-refractivity contribution in [2.24, 2.45) is 4.99 Å². The topological polar surface area (TPSA) is 12.4 Å². The Bertz CT molecular complexity index is 114. The van der Waals surface area contributed by atoms with Gasteiger partial charge in [0.05, 0.1) is 5.16 Å². The predicted molar refractivity (Wildman–Crippen MR) is 42.7 cm³/mol. The normalized spacial score (nSPS) is 16.4. The average Bonchev–Trinajstić information content (AvgIpc) is 1.67. The van der Waals surface area contributed by atoms with Crippen molar-refractivity contribution < 1.29 is 0 Å². The first-order valence-corrected chi connectivity index (χ1v) is 3.29. The first-order valence-electron chi connectivity index (χ1n) is 2.44. The number of nitrogens with zero attached hydrogens (tertiary/aromatic N) is 1. The number of thiol groups is 1. The van der Waals surface area contributed by atoms with Crippen LogP contribution >= 0.6 is 24.8 Å². The van der Waals surface area contributed by atoms with Crippen LogP contribution in [0.5, 0.6) is 0 Å². The lowest BCUT2D eigenvalue weighted by Crippen LogP contribution is -2.09. The first kappa shape index (κ1) is 8.15. The summed E-state index contributed by atoms with van der Waals surface area (Å²) in [6.45, 7) is 3.90. The largest absolute Gasteiger partial charge is 0.215 e. The van der Waals surface area contributed by atoms with Crippen LogP contribution in [0.15, 0.2) is 4.99 Å². The highest BCUT2D eigenvalue weighted by Crippen LogP contribution is 2.17. The van der Waals surface area contributed by atoms with E-state index in [0.717, 1.165) is 6.42 Å². The van der Waals surface area contributed by atoms with E-state index in [4.69, 9.17) is 0 Å². The van der Waals surface area contributed by atoms with Gasteiger partial charge in [-0.25, -0.2) is 4.99 Å². The molecular weight excluding hydrogens is 138 g/mol. The molecule has 0 amide bonds. The fourth-order valence-electron chi connectivity index (χ4n) is 0.177. The number of hydrogen-bond acceptors (Lipinski definition) is 3. The van der Waals surface area contributed by atoms with E-state index < -0.39 is 0 Å². The molecule has 46 valence electrons. The number of isothiocyanates is 1. The van der Waals surface area contributed by atoms with E-state index >= 15 is 0 Å². The van der Waals surface area contributed by atoms with Crippen molar-refractivity contribution in [3.05, 3.63) is 0 Å². The van der Waals surface area contributed by atoms with E-state index in [1.807, 2.05) is 13.8 Å². The van der Waals surface area contributed by atoms with Gasteiger partial charge in [-0.2, -0.15) is 0 Å². The lowest BCUT2D eigenvalue weighted by molar-refractivity contribution is 0.665. The standard InChI is InChI=1S/C5H9NS2/c1-3-5(2,8)6-4-7/h8H,3H2,1-2H3. The van der Waals surface area contributed by atoms with Crippen molar-refractivity contribution in [2.45, 2.75) is 25.1 Å². The molecule has 0 aromatic rings. The summed E-state index contributed by atoms with van der Waals surface area (Å²) in [7, 11) is 0. The molecule has 0 fully saturated rings. The van der Waals surface area contributed by atoms with Gasteiger partial charge in [-0.1, -0.05) is 6.92 Å². The molecule has 0 aromatic carbocycles. The molecule has 1 nitrogen and oxygen atoms in total. The third-order valence-electron chi connectivity index (χ3n) is 0.956. The maximum Gasteiger partial charge on any atom is 0.110 e. The molecule has 0 bridgehead atoms. The van der Waals surface area contributed by atoms with Gasteiger partial charge in [0.15, 0.2) is 0 Å². The van der Waals surface area contributed by atoms with Crippen LogP contribution in [-0.2, 0) is 0 Å². The van der Waals surface area contributed by atoms with Crippen molar-refractivity contribution in [3.63, 3.8) is 0 Å². The number of thiocarbonyl (C=S) groups is 1. The summed E-state index contributed by atoms with van der Waals surface area (Å²) in [4.78, 5) is 3.50. The summed E-state index contributed by atoms with van der Waals surface area (Å²) in [5.74, 6) is 0. The summed E-state index contributed by atoms with van der Waals surface area (Å²) < 4.78 is 0. The zero-order valence-corrected chi connectivity index (χ0v) is 6.72. The van der Waals surface area contributed by atoms with Crippen LogP contribution in [0, 0.1) is 0 Å². The van der Waals surface area contributed by atoms with Gasteiger partial charge in [-0.15, -0.1) is 12.6 Å². The molecule has 0 rings (SSSR count). The second-order valence-electron chi connectivity index (χ2n) is 1.77. The molecule has 0 saturated heterocycles. The zero-order valence-electron chi connectivity index (χ0n) is 5.01. The van der Waals surface area contributed by atoms with Crippen LogP contribution < -0.4 is 0 Å². The van der Waals surface area contributed by atoms with Gasteiger partial charge in [0.1, 0.15) is 4.87 Å². The summed E-state index contributed by atoms with van der Waals surface area (Å²) in [5, 5.41) is 2.29. The molecule has 0 aliphatic heterocycles. The maximum absolute atomic E-state index is 4.40. The van der Waals surface area contributed by atoms with E-state index in [-0.39, 0.29) is 4.87 Å². The molecule has 0 spiro atoms. The minimum atomic E-state index is -0.304. The van der Waals surface area contributed by atoms with E-state index in [2.05, 4.69) is 35.0 Å². The van der Waals surface area contributed by atoms with Gasteiger partial charge < -0.3 is 0 Å². The van der Waals surface area contributed by atoms with Crippen LogP contribution in [0.1, 0.15) is 20.3 Å². The van der Waals surface area contributed by atoms with Crippen LogP contribution in [0.2, 0.25) is 0 Å². The Morgan fingerprint density at radius 2 is 2.38 bits per heavy atom.